The second-order valence-electron chi connectivity index (χ2n) is 5.07. The zero-order chi connectivity index (χ0) is 14.2. The summed E-state index contributed by atoms with van der Waals surface area (Å²) in [5.41, 5.74) is 10.4. The SMILES string of the molecule is C=C(CN(Cc1ccccc1)C1C=CCCC1)N=[N+]=[N-]. The van der Waals surface area contributed by atoms with Crippen LogP contribution >= 0.6 is 0 Å². The Morgan fingerprint density at radius 1 is 1.40 bits per heavy atom. The van der Waals surface area contributed by atoms with Crippen LogP contribution in [0.4, 0.5) is 0 Å². The molecule has 2 rings (SSSR count). The van der Waals surface area contributed by atoms with Crippen LogP contribution in [0.1, 0.15) is 24.8 Å². The summed E-state index contributed by atoms with van der Waals surface area (Å²) in [6.45, 7) is 5.28. The van der Waals surface area contributed by atoms with Gasteiger partial charge in [-0.2, -0.15) is 0 Å². The van der Waals surface area contributed by atoms with E-state index in [1.807, 2.05) is 18.2 Å². The summed E-state index contributed by atoms with van der Waals surface area (Å²) in [6, 6.07) is 10.8. The lowest BCUT2D eigenvalue weighted by atomic mass is 10.0. The molecule has 0 fully saturated rings. The highest BCUT2D eigenvalue weighted by Crippen LogP contribution is 2.20. The number of nitrogens with zero attached hydrogens (tertiary/aromatic N) is 4. The van der Waals surface area contributed by atoms with Gasteiger partial charge in [0.15, 0.2) is 0 Å². The highest BCUT2D eigenvalue weighted by Gasteiger charge is 2.18. The monoisotopic (exact) mass is 268 g/mol. The standard InChI is InChI=1S/C16H20N4/c1-14(18-19-17)12-20(16-10-6-3-7-11-16)13-15-8-4-2-5-9-15/h2,4-6,8-10,16H,1,3,7,11-13H2. The van der Waals surface area contributed by atoms with Crippen LogP contribution in [-0.2, 0) is 6.54 Å². The lowest BCUT2D eigenvalue weighted by molar-refractivity contribution is 0.222. The first-order chi connectivity index (χ1) is 9.79. The molecule has 1 aromatic carbocycles. The molecule has 0 heterocycles. The van der Waals surface area contributed by atoms with Crippen molar-refractivity contribution in [2.24, 2.45) is 5.11 Å². The molecule has 0 saturated carbocycles. The van der Waals surface area contributed by atoms with Gasteiger partial charge in [-0.3, -0.25) is 4.90 Å². The predicted octanol–water partition coefficient (Wildman–Crippen LogP) is 4.42. The molecular formula is C16H20N4. The fourth-order valence-electron chi connectivity index (χ4n) is 2.54. The van der Waals surface area contributed by atoms with Crippen LogP contribution in [0.5, 0.6) is 0 Å². The Balaban J connectivity index is 2.10. The maximum atomic E-state index is 8.51. The third-order valence-corrected chi connectivity index (χ3v) is 3.50. The molecule has 1 unspecified atom stereocenters. The molecule has 0 N–H and O–H groups in total. The molecule has 0 aromatic heterocycles. The topological polar surface area (TPSA) is 52.0 Å². The summed E-state index contributed by atoms with van der Waals surface area (Å²) in [4.78, 5) is 5.14. The number of hydrogen-bond donors (Lipinski definition) is 0. The Labute approximate surface area is 120 Å². The molecule has 0 aliphatic heterocycles. The number of rotatable bonds is 6. The average Bonchev–Trinajstić information content (AvgIpc) is 2.49. The minimum atomic E-state index is 0.398. The van der Waals surface area contributed by atoms with E-state index in [2.05, 4.69) is 45.8 Å². The Hall–Kier alpha value is -2.03. The van der Waals surface area contributed by atoms with Gasteiger partial charge in [-0.25, -0.2) is 0 Å². The van der Waals surface area contributed by atoms with Gasteiger partial charge in [-0.05, 0) is 30.4 Å². The zero-order valence-corrected chi connectivity index (χ0v) is 11.7. The first kappa shape index (κ1) is 14.4. The molecular weight excluding hydrogens is 248 g/mol. The van der Waals surface area contributed by atoms with Gasteiger partial charge in [-0.1, -0.05) is 54.2 Å². The van der Waals surface area contributed by atoms with E-state index in [9.17, 15) is 0 Å². The highest BCUT2D eigenvalue weighted by molar-refractivity contribution is 5.16. The van der Waals surface area contributed by atoms with Crippen LogP contribution in [0.25, 0.3) is 10.4 Å². The molecule has 0 saturated heterocycles. The van der Waals surface area contributed by atoms with E-state index in [-0.39, 0.29) is 0 Å². The van der Waals surface area contributed by atoms with E-state index in [1.165, 1.54) is 12.0 Å². The van der Waals surface area contributed by atoms with Crippen molar-refractivity contribution in [1.29, 1.82) is 0 Å². The normalized spacial score (nSPS) is 17.8. The molecule has 0 amide bonds. The molecule has 1 atom stereocenters. The summed E-state index contributed by atoms with van der Waals surface area (Å²) in [7, 11) is 0. The Morgan fingerprint density at radius 2 is 2.20 bits per heavy atom. The second kappa shape index (κ2) is 7.53. The van der Waals surface area contributed by atoms with Crippen molar-refractivity contribution in [3.05, 3.63) is 70.8 Å². The fraction of sp³-hybridized carbons (Fsp3) is 0.375. The van der Waals surface area contributed by atoms with E-state index >= 15 is 0 Å². The molecule has 4 nitrogen and oxygen atoms in total. The molecule has 1 aliphatic carbocycles. The van der Waals surface area contributed by atoms with Crippen molar-refractivity contribution < 1.29 is 0 Å². The van der Waals surface area contributed by atoms with Crippen molar-refractivity contribution in [3.8, 4) is 0 Å². The first-order valence-electron chi connectivity index (χ1n) is 6.97. The minimum Gasteiger partial charge on any atom is -0.289 e. The van der Waals surface area contributed by atoms with Crippen LogP contribution in [0, 0.1) is 0 Å². The summed E-state index contributed by atoms with van der Waals surface area (Å²) >= 11 is 0. The van der Waals surface area contributed by atoms with Gasteiger partial charge in [-0.15, -0.1) is 0 Å². The smallest absolute Gasteiger partial charge is 0.0285 e. The third-order valence-electron chi connectivity index (χ3n) is 3.50. The Bertz CT molecular complexity index is 515. The van der Waals surface area contributed by atoms with Crippen LogP contribution in [0.2, 0.25) is 0 Å². The van der Waals surface area contributed by atoms with Crippen molar-refractivity contribution in [2.75, 3.05) is 6.54 Å². The maximum Gasteiger partial charge on any atom is 0.0285 e. The van der Waals surface area contributed by atoms with Gasteiger partial charge in [0, 0.05) is 29.7 Å². The maximum absolute atomic E-state index is 8.51. The summed E-state index contributed by atoms with van der Waals surface area (Å²) < 4.78 is 0. The number of hydrogen-bond acceptors (Lipinski definition) is 2. The van der Waals surface area contributed by atoms with Crippen molar-refractivity contribution in [2.45, 2.75) is 31.8 Å². The molecule has 0 radical (unpaired) electrons. The number of azide groups is 1. The second-order valence-corrected chi connectivity index (χ2v) is 5.07. The van der Waals surface area contributed by atoms with E-state index in [0.29, 0.717) is 18.3 Å². The molecule has 0 spiro atoms. The molecule has 4 heteroatoms. The predicted molar refractivity (Wildman–Crippen MR) is 81.9 cm³/mol. The first-order valence-corrected chi connectivity index (χ1v) is 6.97. The number of allylic oxidation sites excluding steroid dienone is 1. The van der Waals surface area contributed by atoms with Gasteiger partial charge < -0.3 is 0 Å². The summed E-state index contributed by atoms with van der Waals surface area (Å²) in [5, 5.41) is 3.62. The van der Waals surface area contributed by atoms with Gasteiger partial charge in [0.05, 0.1) is 0 Å². The minimum absolute atomic E-state index is 0.398. The van der Waals surface area contributed by atoms with Gasteiger partial charge in [0.1, 0.15) is 0 Å². The van der Waals surface area contributed by atoms with Gasteiger partial charge in [0.25, 0.3) is 0 Å². The Morgan fingerprint density at radius 3 is 2.85 bits per heavy atom. The van der Waals surface area contributed by atoms with Crippen molar-refractivity contribution in [1.82, 2.24) is 4.90 Å². The average molecular weight is 268 g/mol. The zero-order valence-electron chi connectivity index (χ0n) is 11.7. The quantitative estimate of drug-likeness (QED) is 0.326. The fourth-order valence-corrected chi connectivity index (χ4v) is 2.54. The van der Waals surface area contributed by atoms with E-state index < -0.39 is 0 Å². The van der Waals surface area contributed by atoms with E-state index in [4.69, 9.17) is 5.53 Å². The lowest BCUT2D eigenvalue weighted by Crippen LogP contribution is -2.35. The van der Waals surface area contributed by atoms with Crippen molar-refractivity contribution >= 4 is 0 Å². The van der Waals surface area contributed by atoms with Crippen LogP contribution in [-0.4, -0.2) is 17.5 Å². The van der Waals surface area contributed by atoms with E-state index in [1.54, 1.807) is 0 Å². The van der Waals surface area contributed by atoms with Crippen LogP contribution in [0.3, 0.4) is 0 Å². The molecule has 104 valence electrons. The molecule has 1 aromatic rings. The van der Waals surface area contributed by atoms with Crippen LogP contribution in [0.15, 0.2) is 59.9 Å². The Kier molecular flexibility index (Phi) is 5.42. The number of benzene rings is 1. The van der Waals surface area contributed by atoms with Gasteiger partial charge >= 0.3 is 0 Å². The largest absolute Gasteiger partial charge is 0.289 e. The summed E-state index contributed by atoms with van der Waals surface area (Å²) in [6.07, 6.45) is 8.01. The van der Waals surface area contributed by atoms with E-state index in [0.717, 1.165) is 19.4 Å². The molecule has 1 aliphatic rings. The van der Waals surface area contributed by atoms with Gasteiger partial charge in [0.2, 0.25) is 0 Å². The molecule has 20 heavy (non-hydrogen) atoms. The molecule has 0 bridgehead atoms. The van der Waals surface area contributed by atoms with Crippen molar-refractivity contribution in [3.63, 3.8) is 0 Å². The summed E-state index contributed by atoms with van der Waals surface area (Å²) in [5.74, 6) is 0. The highest BCUT2D eigenvalue weighted by atomic mass is 15.2. The van der Waals surface area contributed by atoms with Crippen LogP contribution < -0.4 is 0 Å². The lowest BCUT2D eigenvalue weighted by Gasteiger charge is -2.31. The third kappa shape index (κ3) is 4.26.